The van der Waals surface area contributed by atoms with Crippen LogP contribution in [0.5, 0.6) is 0 Å². The van der Waals surface area contributed by atoms with Gasteiger partial charge in [-0.05, 0) is 42.3 Å². The molecule has 2 aromatic rings. The third kappa shape index (κ3) is 5.12. The van der Waals surface area contributed by atoms with E-state index in [0.29, 0.717) is 22.3 Å². The third-order valence-electron chi connectivity index (χ3n) is 3.62. The molecule has 0 unspecified atom stereocenters. The van der Waals surface area contributed by atoms with Gasteiger partial charge in [0.2, 0.25) is 0 Å². The fourth-order valence-corrected chi connectivity index (χ4v) is 2.29. The number of hydrogen-bond donors (Lipinski definition) is 2. The number of benzene rings is 2. The zero-order valence-corrected chi connectivity index (χ0v) is 14.1. The van der Waals surface area contributed by atoms with Gasteiger partial charge in [-0.1, -0.05) is 18.2 Å². The van der Waals surface area contributed by atoms with Crippen molar-refractivity contribution in [1.82, 2.24) is 5.32 Å². The summed E-state index contributed by atoms with van der Waals surface area (Å²) < 4.78 is 18.7. The minimum absolute atomic E-state index is 0.0591. The van der Waals surface area contributed by atoms with Crippen LogP contribution in [0.1, 0.15) is 22.8 Å². The van der Waals surface area contributed by atoms with Gasteiger partial charge < -0.3 is 15.2 Å². The predicted molar refractivity (Wildman–Crippen MR) is 91.6 cm³/mol. The summed E-state index contributed by atoms with van der Waals surface area (Å²) in [5.41, 5.74) is 1.99. The summed E-state index contributed by atoms with van der Waals surface area (Å²) in [5, 5.41) is 11.8. The lowest BCUT2D eigenvalue weighted by molar-refractivity contribution is -0.139. The molecule has 2 rings (SSSR count). The number of carbonyl (C=O) groups is 2. The number of aliphatic hydroxyl groups excluding tert-OH is 1. The number of methoxy groups -OCH3 is 1. The highest BCUT2D eigenvalue weighted by atomic mass is 19.1. The first-order valence-electron chi connectivity index (χ1n) is 7.82. The van der Waals surface area contributed by atoms with Gasteiger partial charge in [0.15, 0.2) is 0 Å². The van der Waals surface area contributed by atoms with Crippen LogP contribution in [0.3, 0.4) is 0 Å². The van der Waals surface area contributed by atoms with Crippen molar-refractivity contribution < 1.29 is 23.8 Å². The molecule has 0 aliphatic heterocycles. The van der Waals surface area contributed by atoms with E-state index in [1.54, 1.807) is 37.3 Å². The normalized spacial score (nSPS) is 11.7. The molecule has 25 heavy (non-hydrogen) atoms. The average Bonchev–Trinajstić information content (AvgIpc) is 2.61. The minimum atomic E-state index is -0.630. The Morgan fingerprint density at radius 2 is 1.88 bits per heavy atom. The third-order valence-corrected chi connectivity index (χ3v) is 3.62. The van der Waals surface area contributed by atoms with Crippen LogP contribution < -0.4 is 5.32 Å². The molecule has 2 aromatic carbocycles. The molecule has 0 fully saturated rings. The number of ether oxygens (including phenoxy) is 1. The van der Waals surface area contributed by atoms with Crippen molar-refractivity contribution in [3.63, 3.8) is 0 Å². The van der Waals surface area contributed by atoms with Crippen LogP contribution in [0, 0.1) is 5.82 Å². The number of nitrogens with one attached hydrogen (secondary N) is 1. The fourth-order valence-electron chi connectivity index (χ4n) is 2.29. The smallest absolute Gasteiger partial charge is 0.309 e. The second-order valence-corrected chi connectivity index (χ2v) is 5.70. The number of rotatable bonds is 6. The molecule has 5 nitrogen and oxygen atoms in total. The Bertz CT molecular complexity index is 757. The molecule has 0 spiro atoms. The van der Waals surface area contributed by atoms with E-state index >= 15 is 0 Å². The molecular formula is C19H20FNO4. The van der Waals surface area contributed by atoms with Crippen molar-refractivity contribution >= 4 is 11.9 Å². The highest BCUT2D eigenvalue weighted by molar-refractivity contribution is 5.94. The summed E-state index contributed by atoms with van der Waals surface area (Å²) in [6.45, 7) is 1.73. The Balaban J connectivity index is 2.20. The molecule has 6 heteroatoms. The van der Waals surface area contributed by atoms with E-state index in [1.807, 2.05) is 0 Å². The Morgan fingerprint density at radius 3 is 2.48 bits per heavy atom. The number of hydrogen-bond acceptors (Lipinski definition) is 4. The van der Waals surface area contributed by atoms with Crippen molar-refractivity contribution in [2.75, 3.05) is 13.7 Å². The van der Waals surface area contributed by atoms with Gasteiger partial charge in [0.05, 0.1) is 19.6 Å². The van der Waals surface area contributed by atoms with Crippen LogP contribution in [0.15, 0.2) is 42.5 Å². The zero-order valence-electron chi connectivity index (χ0n) is 14.1. The molecule has 0 saturated heterocycles. The minimum Gasteiger partial charge on any atom is -0.469 e. The maximum Gasteiger partial charge on any atom is 0.309 e. The van der Waals surface area contributed by atoms with Crippen LogP contribution in [0.2, 0.25) is 0 Å². The molecule has 0 heterocycles. The van der Waals surface area contributed by atoms with E-state index in [2.05, 4.69) is 10.1 Å². The number of amides is 1. The van der Waals surface area contributed by atoms with E-state index in [4.69, 9.17) is 0 Å². The van der Waals surface area contributed by atoms with Gasteiger partial charge in [-0.2, -0.15) is 0 Å². The largest absolute Gasteiger partial charge is 0.469 e. The van der Waals surface area contributed by atoms with Crippen molar-refractivity contribution in [2.45, 2.75) is 19.4 Å². The molecular weight excluding hydrogens is 325 g/mol. The van der Waals surface area contributed by atoms with Gasteiger partial charge >= 0.3 is 5.97 Å². The summed E-state index contributed by atoms with van der Waals surface area (Å²) in [5.74, 6) is -1.13. The van der Waals surface area contributed by atoms with Gasteiger partial charge in [-0.25, -0.2) is 4.39 Å². The van der Waals surface area contributed by atoms with Crippen LogP contribution in [-0.4, -0.2) is 36.7 Å². The monoisotopic (exact) mass is 345 g/mol. The molecule has 0 aromatic heterocycles. The fraction of sp³-hybridized carbons (Fsp3) is 0.263. The van der Waals surface area contributed by atoms with Crippen LogP contribution >= 0.6 is 0 Å². The standard InChI is InChI=1S/C19H20FNO4/c1-12(22)11-21-19(24)15-6-4-14(5-7-15)16-9-13(3-8-17(16)20)10-18(23)25-2/h3-9,12,22H,10-11H2,1-2H3,(H,21,24)/t12-/m0/s1. The van der Waals surface area contributed by atoms with Gasteiger partial charge in [0, 0.05) is 17.7 Å². The van der Waals surface area contributed by atoms with Gasteiger partial charge in [-0.3, -0.25) is 9.59 Å². The van der Waals surface area contributed by atoms with E-state index in [1.165, 1.54) is 19.2 Å². The Kier molecular flexibility index (Phi) is 6.25. The van der Waals surface area contributed by atoms with Crippen LogP contribution in [0.4, 0.5) is 4.39 Å². The molecule has 0 radical (unpaired) electrons. The topological polar surface area (TPSA) is 75.6 Å². The Morgan fingerprint density at radius 1 is 1.20 bits per heavy atom. The Labute approximate surface area is 145 Å². The van der Waals surface area contributed by atoms with E-state index in [0.717, 1.165) is 0 Å². The van der Waals surface area contributed by atoms with E-state index < -0.39 is 17.9 Å². The average molecular weight is 345 g/mol. The lowest BCUT2D eigenvalue weighted by Crippen LogP contribution is -2.30. The number of halogens is 1. The SMILES string of the molecule is COC(=O)Cc1ccc(F)c(-c2ccc(C(=O)NC[C@H](C)O)cc2)c1. The van der Waals surface area contributed by atoms with E-state index in [9.17, 15) is 19.1 Å². The van der Waals surface area contributed by atoms with Gasteiger partial charge in [0.25, 0.3) is 5.91 Å². The first-order valence-corrected chi connectivity index (χ1v) is 7.82. The van der Waals surface area contributed by atoms with Crippen LogP contribution in [0.25, 0.3) is 11.1 Å². The van der Waals surface area contributed by atoms with Crippen LogP contribution in [-0.2, 0) is 16.0 Å². The summed E-state index contributed by atoms with van der Waals surface area (Å²) in [7, 11) is 1.30. The maximum atomic E-state index is 14.1. The van der Waals surface area contributed by atoms with Gasteiger partial charge in [-0.15, -0.1) is 0 Å². The number of aliphatic hydroxyl groups is 1. The molecule has 0 saturated carbocycles. The molecule has 1 atom stereocenters. The molecule has 0 bridgehead atoms. The molecule has 0 aliphatic rings. The highest BCUT2D eigenvalue weighted by Crippen LogP contribution is 2.25. The van der Waals surface area contributed by atoms with E-state index in [-0.39, 0.29) is 18.9 Å². The predicted octanol–water partition coefficient (Wildman–Crippen LogP) is 2.32. The summed E-state index contributed by atoms with van der Waals surface area (Å²) >= 11 is 0. The molecule has 0 aliphatic carbocycles. The van der Waals surface area contributed by atoms with Crippen molar-refractivity contribution in [3.05, 3.63) is 59.4 Å². The maximum absolute atomic E-state index is 14.1. The van der Waals surface area contributed by atoms with Gasteiger partial charge in [0.1, 0.15) is 5.82 Å². The summed E-state index contributed by atoms with van der Waals surface area (Å²) in [4.78, 5) is 23.3. The second kappa shape index (κ2) is 8.39. The lowest BCUT2D eigenvalue weighted by Gasteiger charge is -2.09. The second-order valence-electron chi connectivity index (χ2n) is 5.70. The summed E-state index contributed by atoms with van der Waals surface area (Å²) in [6, 6.07) is 10.9. The van der Waals surface area contributed by atoms with Crippen molar-refractivity contribution in [3.8, 4) is 11.1 Å². The quantitative estimate of drug-likeness (QED) is 0.788. The first-order chi connectivity index (χ1) is 11.9. The number of esters is 1. The Hall–Kier alpha value is -2.73. The zero-order chi connectivity index (χ0) is 18.4. The van der Waals surface area contributed by atoms with Crippen molar-refractivity contribution in [2.24, 2.45) is 0 Å². The highest BCUT2D eigenvalue weighted by Gasteiger charge is 2.11. The molecule has 2 N–H and O–H groups in total. The molecule has 1 amide bonds. The number of carbonyl (C=O) groups excluding carboxylic acids is 2. The summed E-state index contributed by atoms with van der Waals surface area (Å²) in [6.07, 6.45) is -0.571. The lowest BCUT2D eigenvalue weighted by atomic mass is 10.00. The molecule has 132 valence electrons. The van der Waals surface area contributed by atoms with Crippen molar-refractivity contribution in [1.29, 1.82) is 0 Å². The first kappa shape index (κ1) is 18.6.